The summed E-state index contributed by atoms with van der Waals surface area (Å²) in [6, 6.07) is 21.4. The number of allylic oxidation sites excluding steroid dienone is 10. The molecule has 0 atom stereocenters. The molecule has 190 valence electrons. The van der Waals surface area contributed by atoms with E-state index in [1.54, 1.807) is 0 Å². The minimum Gasteiger partial charge on any atom is -0.347 e. The van der Waals surface area contributed by atoms with Crippen LogP contribution in [0.2, 0.25) is 0 Å². The van der Waals surface area contributed by atoms with Gasteiger partial charge < -0.3 is 9.80 Å². The van der Waals surface area contributed by atoms with Gasteiger partial charge in [0.2, 0.25) is 0 Å². The molecule has 2 heterocycles. The number of hydrogen-bond donors (Lipinski definition) is 0. The van der Waals surface area contributed by atoms with E-state index in [2.05, 4.69) is 137 Å². The van der Waals surface area contributed by atoms with E-state index in [9.17, 15) is 10.5 Å². The van der Waals surface area contributed by atoms with Crippen LogP contribution in [0.4, 0.5) is 11.4 Å². The average molecular weight is 499 g/mol. The Morgan fingerprint density at radius 1 is 0.684 bits per heavy atom. The van der Waals surface area contributed by atoms with Crippen LogP contribution >= 0.6 is 0 Å². The number of benzene rings is 2. The second-order valence-corrected chi connectivity index (χ2v) is 11.4. The van der Waals surface area contributed by atoms with E-state index >= 15 is 0 Å². The van der Waals surface area contributed by atoms with Gasteiger partial charge in [-0.15, -0.1) is 0 Å². The molecule has 1 fully saturated rings. The van der Waals surface area contributed by atoms with Crippen molar-refractivity contribution in [2.45, 2.75) is 51.4 Å². The lowest BCUT2D eigenvalue weighted by Gasteiger charge is -2.24. The van der Waals surface area contributed by atoms with Gasteiger partial charge in [-0.3, -0.25) is 0 Å². The third-order valence-corrected chi connectivity index (χ3v) is 8.55. The number of rotatable bonds is 2. The van der Waals surface area contributed by atoms with Crippen LogP contribution < -0.4 is 9.80 Å². The first-order chi connectivity index (χ1) is 18.1. The van der Waals surface area contributed by atoms with E-state index in [1.807, 2.05) is 0 Å². The SMILES string of the molecule is CN1C(=CC=C2CCC(=CC=C3N(C)c4ccccc4C3(C)C)C2=C(C#N)C#N)C(C)(C)c2ccccc21. The second-order valence-electron chi connectivity index (χ2n) is 11.4. The minimum atomic E-state index is -0.130. The first kappa shape index (κ1) is 25.4. The zero-order valence-corrected chi connectivity index (χ0v) is 23.1. The molecular weight excluding hydrogens is 464 g/mol. The Labute approximate surface area is 226 Å². The van der Waals surface area contributed by atoms with Crippen molar-refractivity contribution in [2.24, 2.45) is 0 Å². The Bertz CT molecular complexity index is 1440. The summed E-state index contributed by atoms with van der Waals surface area (Å²) < 4.78 is 0. The van der Waals surface area contributed by atoms with Crippen molar-refractivity contribution in [1.82, 2.24) is 0 Å². The van der Waals surface area contributed by atoms with Gasteiger partial charge in [-0.1, -0.05) is 76.2 Å². The monoisotopic (exact) mass is 498 g/mol. The number of nitriles is 2. The summed E-state index contributed by atoms with van der Waals surface area (Å²) in [5.74, 6) is 0. The molecule has 2 aromatic rings. The van der Waals surface area contributed by atoms with Gasteiger partial charge in [-0.2, -0.15) is 10.5 Å². The van der Waals surface area contributed by atoms with Crippen molar-refractivity contribution in [2.75, 3.05) is 23.9 Å². The number of para-hydroxylation sites is 2. The maximum absolute atomic E-state index is 9.84. The molecule has 0 bridgehead atoms. The molecule has 0 N–H and O–H groups in total. The van der Waals surface area contributed by atoms with Crippen molar-refractivity contribution in [3.8, 4) is 12.1 Å². The van der Waals surface area contributed by atoms with E-state index in [0.717, 1.165) is 29.6 Å². The lowest BCUT2D eigenvalue weighted by molar-refractivity contribution is 0.640. The van der Waals surface area contributed by atoms with Crippen molar-refractivity contribution in [3.63, 3.8) is 0 Å². The Morgan fingerprint density at radius 3 is 1.45 bits per heavy atom. The third kappa shape index (κ3) is 3.80. The molecule has 0 amide bonds. The average Bonchev–Trinajstić information content (AvgIpc) is 3.45. The molecule has 0 spiro atoms. The lowest BCUT2D eigenvalue weighted by atomic mass is 9.83. The molecule has 38 heavy (non-hydrogen) atoms. The predicted molar refractivity (Wildman–Crippen MR) is 156 cm³/mol. The fourth-order valence-electron chi connectivity index (χ4n) is 6.48. The summed E-state index contributed by atoms with van der Waals surface area (Å²) in [6.45, 7) is 8.99. The van der Waals surface area contributed by atoms with Crippen LogP contribution in [0.5, 0.6) is 0 Å². The summed E-state index contributed by atoms with van der Waals surface area (Å²) >= 11 is 0. The molecular formula is C34H34N4. The molecule has 1 saturated carbocycles. The molecule has 0 unspecified atom stereocenters. The van der Waals surface area contributed by atoms with Gasteiger partial charge in [-0.25, -0.2) is 0 Å². The van der Waals surface area contributed by atoms with Crippen LogP contribution in [0, 0.1) is 22.7 Å². The maximum atomic E-state index is 9.84. The van der Waals surface area contributed by atoms with E-state index in [1.165, 1.54) is 33.9 Å². The van der Waals surface area contributed by atoms with Crippen molar-refractivity contribution < 1.29 is 0 Å². The van der Waals surface area contributed by atoms with Crippen molar-refractivity contribution in [1.29, 1.82) is 10.5 Å². The Balaban J connectivity index is 1.55. The summed E-state index contributed by atoms with van der Waals surface area (Å²) in [7, 11) is 4.21. The Morgan fingerprint density at radius 2 is 1.08 bits per heavy atom. The van der Waals surface area contributed by atoms with E-state index < -0.39 is 0 Å². The minimum absolute atomic E-state index is 0.130. The number of nitrogens with zero attached hydrogens (tertiary/aromatic N) is 4. The second kappa shape index (κ2) is 9.23. The lowest BCUT2D eigenvalue weighted by Crippen LogP contribution is -2.22. The molecule has 0 radical (unpaired) electrons. The standard InChI is InChI=1S/C34H34N4/c1-33(2)26-11-7-9-13-28(26)37(5)30(33)19-17-23-15-16-24(32(23)25(21-35)22-36)18-20-31-34(3,4)27-12-8-10-14-29(27)38(31)6/h7-14,17-20H,15-16H2,1-6H3. The maximum Gasteiger partial charge on any atom is 0.137 e. The van der Waals surface area contributed by atoms with Gasteiger partial charge >= 0.3 is 0 Å². The molecule has 2 aromatic carbocycles. The molecule has 4 heteroatoms. The summed E-state index contributed by atoms with van der Waals surface area (Å²) in [5, 5.41) is 19.7. The van der Waals surface area contributed by atoms with Crippen LogP contribution in [0.3, 0.4) is 0 Å². The van der Waals surface area contributed by atoms with E-state index in [-0.39, 0.29) is 16.4 Å². The van der Waals surface area contributed by atoms with Gasteiger partial charge in [0.25, 0.3) is 0 Å². The first-order valence-corrected chi connectivity index (χ1v) is 13.2. The van der Waals surface area contributed by atoms with Crippen molar-refractivity contribution in [3.05, 3.63) is 118 Å². The molecule has 1 aliphatic carbocycles. The van der Waals surface area contributed by atoms with Gasteiger partial charge in [0, 0.05) is 53.3 Å². The fourth-order valence-corrected chi connectivity index (χ4v) is 6.48. The zero-order valence-electron chi connectivity index (χ0n) is 23.1. The molecule has 0 aromatic heterocycles. The first-order valence-electron chi connectivity index (χ1n) is 13.2. The quantitative estimate of drug-likeness (QED) is 0.400. The van der Waals surface area contributed by atoms with E-state index in [4.69, 9.17) is 0 Å². The topological polar surface area (TPSA) is 54.1 Å². The van der Waals surface area contributed by atoms with Gasteiger partial charge in [-0.05, 0) is 59.4 Å². The molecule has 5 rings (SSSR count). The summed E-state index contributed by atoms with van der Waals surface area (Å²) in [4.78, 5) is 4.49. The number of likely N-dealkylation sites (N-methyl/N-ethyl adjacent to an activating group) is 2. The highest BCUT2D eigenvalue weighted by Crippen LogP contribution is 2.48. The predicted octanol–water partition coefficient (Wildman–Crippen LogP) is 7.60. The van der Waals surface area contributed by atoms with E-state index in [0.29, 0.717) is 0 Å². The molecule has 3 aliphatic rings. The fraction of sp³-hybridized carbons (Fsp3) is 0.294. The van der Waals surface area contributed by atoms with Crippen LogP contribution in [0.15, 0.2) is 107 Å². The highest BCUT2D eigenvalue weighted by molar-refractivity contribution is 5.72. The number of anilines is 2. The van der Waals surface area contributed by atoms with Crippen LogP contribution in [0.1, 0.15) is 51.7 Å². The van der Waals surface area contributed by atoms with Gasteiger partial charge in [0.05, 0.1) is 0 Å². The molecule has 2 aliphatic heterocycles. The number of hydrogen-bond acceptors (Lipinski definition) is 4. The Kier molecular flexibility index (Phi) is 6.16. The smallest absolute Gasteiger partial charge is 0.137 e. The molecule has 4 nitrogen and oxygen atoms in total. The highest BCUT2D eigenvalue weighted by atomic mass is 15.2. The van der Waals surface area contributed by atoms with Crippen molar-refractivity contribution >= 4 is 11.4 Å². The van der Waals surface area contributed by atoms with Crippen LogP contribution in [0.25, 0.3) is 0 Å². The zero-order chi connectivity index (χ0) is 27.2. The summed E-state index contributed by atoms with van der Waals surface area (Å²) in [6.07, 6.45) is 10.2. The van der Waals surface area contributed by atoms with Gasteiger partial charge in [0.15, 0.2) is 0 Å². The number of fused-ring (bicyclic) bond motifs is 2. The normalized spacial score (nSPS) is 23.2. The van der Waals surface area contributed by atoms with Crippen LogP contribution in [-0.2, 0) is 10.8 Å². The summed E-state index contributed by atoms with van der Waals surface area (Å²) in [5.41, 5.74) is 10.2. The molecule has 0 saturated heterocycles. The highest BCUT2D eigenvalue weighted by Gasteiger charge is 2.39. The Hall–Kier alpha value is -4.28. The largest absolute Gasteiger partial charge is 0.347 e. The third-order valence-electron chi connectivity index (χ3n) is 8.55. The van der Waals surface area contributed by atoms with Crippen LogP contribution in [-0.4, -0.2) is 14.1 Å². The van der Waals surface area contributed by atoms with Gasteiger partial charge in [0.1, 0.15) is 17.7 Å².